The molecule has 2 rings (SSSR count). The summed E-state index contributed by atoms with van der Waals surface area (Å²) in [6.07, 6.45) is 1.78. The van der Waals surface area contributed by atoms with Gasteiger partial charge in [0.05, 0.1) is 20.8 Å². The molecule has 1 aliphatic heterocycles. The summed E-state index contributed by atoms with van der Waals surface area (Å²) in [6.45, 7) is 10.4. The molecule has 0 spiro atoms. The lowest BCUT2D eigenvalue weighted by Gasteiger charge is -2.35. The Labute approximate surface area is 167 Å². The minimum absolute atomic E-state index is 0.211. The second-order valence-corrected chi connectivity index (χ2v) is 7.21. The first-order valence-corrected chi connectivity index (χ1v) is 9.11. The Morgan fingerprint density at radius 3 is 1.96 bits per heavy atom. The van der Waals surface area contributed by atoms with E-state index in [2.05, 4.69) is 4.74 Å². The van der Waals surface area contributed by atoms with Gasteiger partial charge in [0.2, 0.25) is 0 Å². The van der Waals surface area contributed by atoms with Crippen LogP contribution >= 0.6 is 0 Å². The molecule has 7 nitrogen and oxygen atoms in total. The van der Waals surface area contributed by atoms with Crippen molar-refractivity contribution in [3.8, 4) is 11.5 Å². The maximum atomic E-state index is 11.9. The van der Waals surface area contributed by atoms with Crippen molar-refractivity contribution in [2.24, 2.45) is 0 Å². The van der Waals surface area contributed by atoms with Gasteiger partial charge in [0.1, 0.15) is 17.1 Å². The van der Waals surface area contributed by atoms with Crippen molar-refractivity contribution in [1.82, 2.24) is 4.90 Å². The second-order valence-electron chi connectivity index (χ2n) is 7.21. The first kappa shape index (κ1) is 23.3. The number of likely N-dealkylation sites (tertiary alicyclic amines) is 1. The fourth-order valence-corrected chi connectivity index (χ4v) is 2.34. The van der Waals surface area contributed by atoms with Crippen LogP contribution in [-0.2, 0) is 14.3 Å². The predicted molar refractivity (Wildman–Crippen MR) is 108 cm³/mol. The third-order valence-electron chi connectivity index (χ3n) is 3.53. The molecule has 0 radical (unpaired) electrons. The molecule has 0 unspecified atom stereocenters. The molecule has 156 valence electrons. The van der Waals surface area contributed by atoms with Crippen LogP contribution in [0.2, 0.25) is 0 Å². The lowest BCUT2D eigenvalue weighted by Crippen LogP contribution is -2.46. The van der Waals surface area contributed by atoms with E-state index in [-0.39, 0.29) is 12.1 Å². The molecule has 0 saturated carbocycles. The van der Waals surface area contributed by atoms with E-state index < -0.39 is 5.60 Å². The lowest BCUT2D eigenvalue weighted by atomic mass is 10.0. The number of amides is 1. The van der Waals surface area contributed by atoms with E-state index in [9.17, 15) is 9.59 Å². The number of rotatable bonds is 4. The van der Waals surface area contributed by atoms with Gasteiger partial charge in [-0.1, -0.05) is 6.08 Å². The number of benzene rings is 1. The zero-order valence-electron chi connectivity index (χ0n) is 17.8. The number of ether oxygens (including phenoxy) is 4. The second kappa shape index (κ2) is 10.6. The highest BCUT2D eigenvalue weighted by atomic mass is 16.6. The van der Waals surface area contributed by atoms with Crippen LogP contribution in [0.15, 0.2) is 23.8 Å². The molecule has 0 atom stereocenters. The summed E-state index contributed by atoms with van der Waals surface area (Å²) >= 11 is 0. The van der Waals surface area contributed by atoms with Crippen molar-refractivity contribution in [2.75, 3.05) is 33.9 Å². The first-order chi connectivity index (χ1) is 13.1. The van der Waals surface area contributed by atoms with Gasteiger partial charge in [-0.2, -0.15) is 0 Å². The molecule has 1 amide bonds. The average molecular weight is 393 g/mol. The van der Waals surface area contributed by atoms with Gasteiger partial charge in [-0.05, 0) is 51.0 Å². The van der Waals surface area contributed by atoms with E-state index in [1.807, 2.05) is 45.0 Å². The van der Waals surface area contributed by atoms with Crippen LogP contribution in [0, 0.1) is 0 Å². The Bertz CT molecular complexity index is 675. The molecule has 7 heteroatoms. The standard InChI is InChI=1S/C17H23NO4.C4H8O2/c1-17(2,3)22-16(19)18-10-13(11-18)6-12-7-14(20-4)9-15(8-12)21-5;1-3-6-4(2)5/h6-9H,10-11H2,1-5H3;3H2,1-2H3. The van der Waals surface area contributed by atoms with Crippen molar-refractivity contribution in [3.05, 3.63) is 29.3 Å². The average Bonchev–Trinajstić information content (AvgIpc) is 2.56. The smallest absolute Gasteiger partial charge is 0.410 e. The summed E-state index contributed by atoms with van der Waals surface area (Å²) in [7, 11) is 3.25. The van der Waals surface area contributed by atoms with E-state index in [4.69, 9.17) is 14.2 Å². The zero-order chi connectivity index (χ0) is 21.3. The summed E-state index contributed by atoms with van der Waals surface area (Å²) in [5, 5.41) is 0. The van der Waals surface area contributed by atoms with Crippen LogP contribution in [0.4, 0.5) is 4.79 Å². The van der Waals surface area contributed by atoms with Crippen molar-refractivity contribution >= 4 is 18.1 Å². The van der Waals surface area contributed by atoms with Gasteiger partial charge in [-0.15, -0.1) is 0 Å². The topological polar surface area (TPSA) is 74.3 Å². The molecule has 1 saturated heterocycles. The number of carbonyl (C=O) groups is 2. The third-order valence-corrected chi connectivity index (χ3v) is 3.53. The molecular weight excluding hydrogens is 362 g/mol. The van der Waals surface area contributed by atoms with Crippen LogP contribution in [0.3, 0.4) is 0 Å². The molecule has 0 N–H and O–H groups in total. The third kappa shape index (κ3) is 8.33. The number of nitrogens with zero attached hydrogens (tertiary/aromatic N) is 1. The maximum absolute atomic E-state index is 11.9. The predicted octanol–water partition coefficient (Wildman–Crippen LogP) is 3.91. The van der Waals surface area contributed by atoms with Crippen LogP contribution in [0.1, 0.15) is 40.2 Å². The summed E-state index contributed by atoms with van der Waals surface area (Å²) in [5.41, 5.74) is 1.70. The molecule has 0 bridgehead atoms. The number of carbonyl (C=O) groups excluding carboxylic acids is 2. The molecule has 0 aromatic heterocycles. The highest BCUT2D eigenvalue weighted by Crippen LogP contribution is 2.26. The maximum Gasteiger partial charge on any atom is 0.410 e. The number of hydrogen-bond donors (Lipinski definition) is 0. The molecule has 28 heavy (non-hydrogen) atoms. The summed E-state index contributed by atoms with van der Waals surface area (Å²) in [5.74, 6) is 1.28. The Morgan fingerprint density at radius 2 is 1.61 bits per heavy atom. The van der Waals surface area contributed by atoms with E-state index in [0.717, 1.165) is 17.1 Å². The van der Waals surface area contributed by atoms with Crippen molar-refractivity contribution < 1.29 is 28.5 Å². The normalized spacial score (nSPS) is 12.8. The molecular formula is C21H31NO6. The SMILES string of the molecule is CCOC(C)=O.COc1cc(C=C2CN(C(=O)OC(C)(C)C)C2)cc(OC)c1. The van der Waals surface area contributed by atoms with Crippen molar-refractivity contribution in [2.45, 2.75) is 40.2 Å². The van der Waals surface area contributed by atoms with Crippen LogP contribution in [0.5, 0.6) is 11.5 Å². The minimum Gasteiger partial charge on any atom is -0.497 e. The first-order valence-electron chi connectivity index (χ1n) is 9.11. The molecule has 1 heterocycles. The van der Waals surface area contributed by atoms with E-state index in [1.165, 1.54) is 12.5 Å². The number of hydrogen-bond acceptors (Lipinski definition) is 6. The molecule has 0 aliphatic carbocycles. The highest BCUT2D eigenvalue weighted by molar-refractivity contribution is 5.72. The van der Waals surface area contributed by atoms with Gasteiger partial charge in [-0.25, -0.2) is 4.79 Å². The van der Waals surface area contributed by atoms with E-state index in [0.29, 0.717) is 19.7 Å². The Kier molecular flexibility index (Phi) is 8.82. The Hall–Kier alpha value is -2.70. The van der Waals surface area contributed by atoms with Gasteiger partial charge in [0, 0.05) is 26.1 Å². The van der Waals surface area contributed by atoms with Gasteiger partial charge in [-0.3, -0.25) is 4.79 Å². The number of methoxy groups -OCH3 is 2. The van der Waals surface area contributed by atoms with E-state index >= 15 is 0 Å². The molecule has 1 fully saturated rings. The quantitative estimate of drug-likeness (QED) is 0.722. The summed E-state index contributed by atoms with van der Waals surface area (Å²) in [6, 6.07) is 5.70. The summed E-state index contributed by atoms with van der Waals surface area (Å²) in [4.78, 5) is 23.4. The van der Waals surface area contributed by atoms with Gasteiger partial charge in [0.25, 0.3) is 0 Å². The lowest BCUT2D eigenvalue weighted by molar-refractivity contribution is -0.140. The largest absolute Gasteiger partial charge is 0.497 e. The van der Waals surface area contributed by atoms with Gasteiger partial charge >= 0.3 is 12.1 Å². The number of esters is 1. The molecule has 1 aromatic rings. The Balaban J connectivity index is 0.000000568. The fourth-order valence-electron chi connectivity index (χ4n) is 2.34. The monoisotopic (exact) mass is 393 g/mol. The van der Waals surface area contributed by atoms with Crippen LogP contribution < -0.4 is 9.47 Å². The summed E-state index contributed by atoms with van der Waals surface area (Å²) < 4.78 is 20.2. The highest BCUT2D eigenvalue weighted by Gasteiger charge is 2.29. The Morgan fingerprint density at radius 1 is 1.07 bits per heavy atom. The van der Waals surface area contributed by atoms with E-state index in [1.54, 1.807) is 26.0 Å². The molecule has 1 aliphatic rings. The van der Waals surface area contributed by atoms with Crippen LogP contribution in [-0.4, -0.2) is 56.5 Å². The van der Waals surface area contributed by atoms with Crippen molar-refractivity contribution in [3.63, 3.8) is 0 Å². The minimum atomic E-state index is -0.462. The van der Waals surface area contributed by atoms with Gasteiger partial charge < -0.3 is 23.8 Å². The van der Waals surface area contributed by atoms with Crippen molar-refractivity contribution in [1.29, 1.82) is 0 Å². The zero-order valence-corrected chi connectivity index (χ0v) is 17.8. The van der Waals surface area contributed by atoms with Gasteiger partial charge in [0.15, 0.2) is 0 Å². The fraction of sp³-hybridized carbons (Fsp3) is 0.524. The molecule has 1 aromatic carbocycles. The van der Waals surface area contributed by atoms with Crippen LogP contribution in [0.25, 0.3) is 6.08 Å².